The lowest BCUT2D eigenvalue weighted by Gasteiger charge is -2.06. The summed E-state index contributed by atoms with van der Waals surface area (Å²) in [7, 11) is 0. The Morgan fingerprint density at radius 2 is 1.67 bits per heavy atom. The summed E-state index contributed by atoms with van der Waals surface area (Å²) in [5.74, 6) is -0.276. The lowest BCUT2D eigenvalue weighted by atomic mass is 10.2. The first kappa shape index (κ1) is 14.4. The molecule has 0 spiro atoms. The standard InChI is InChI=1S/C10H11BrN2O5/c11-6-1-2-7-18-10-8(12(14)15)4-3-5-9(10)13(16)17/h3-5H,1-2,6-7H2. The van der Waals surface area contributed by atoms with Crippen molar-refractivity contribution >= 4 is 27.3 Å². The highest BCUT2D eigenvalue weighted by atomic mass is 79.9. The van der Waals surface area contributed by atoms with Gasteiger partial charge in [-0.15, -0.1) is 0 Å². The van der Waals surface area contributed by atoms with E-state index >= 15 is 0 Å². The molecule has 8 heteroatoms. The molecular formula is C10H11BrN2O5. The van der Waals surface area contributed by atoms with E-state index in [9.17, 15) is 20.2 Å². The Balaban J connectivity index is 2.96. The average Bonchev–Trinajstić information content (AvgIpc) is 2.34. The van der Waals surface area contributed by atoms with Crippen molar-refractivity contribution in [3.8, 4) is 5.75 Å². The summed E-state index contributed by atoms with van der Waals surface area (Å²) in [4.78, 5) is 20.2. The van der Waals surface area contributed by atoms with Gasteiger partial charge in [-0.1, -0.05) is 15.9 Å². The summed E-state index contributed by atoms with van der Waals surface area (Å²) in [6.45, 7) is 0.206. The first-order chi connectivity index (χ1) is 8.57. The molecule has 0 aliphatic heterocycles. The molecule has 0 fully saturated rings. The number of benzene rings is 1. The van der Waals surface area contributed by atoms with Crippen LogP contribution in [0.5, 0.6) is 5.75 Å². The van der Waals surface area contributed by atoms with Crippen LogP contribution in [-0.2, 0) is 0 Å². The van der Waals surface area contributed by atoms with E-state index in [1.54, 1.807) is 0 Å². The van der Waals surface area contributed by atoms with Crippen LogP contribution in [0.15, 0.2) is 18.2 Å². The molecule has 0 atom stereocenters. The van der Waals surface area contributed by atoms with E-state index in [1.165, 1.54) is 18.2 Å². The predicted molar refractivity (Wildman–Crippen MR) is 68.3 cm³/mol. The van der Waals surface area contributed by atoms with Crippen molar-refractivity contribution in [3.63, 3.8) is 0 Å². The summed E-state index contributed by atoms with van der Waals surface area (Å²) in [5.41, 5.74) is -0.772. The third-order valence-corrected chi connectivity index (χ3v) is 2.70. The fourth-order valence-electron chi connectivity index (χ4n) is 1.32. The Hall–Kier alpha value is -1.70. The molecule has 0 saturated carbocycles. The number of nitrogens with zero attached hydrogens (tertiary/aromatic N) is 2. The molecule has 1 aromatic rings. The topological polar surface area (TPSA) is 95.5 Å². The Labute approximate surface area is 111 Å². The molecular weight excluding hydrogens is 308 g/mol. The molecule has 0 aromatic heterocycles. The third kappa shape index (κ3) is 3.66. The predicted octanol–water partition coefficient (Wildman–Crippen LogP) is 3.06. The highest BCUT2D eigenvalue weighted by Gasteiger charge is 2.26. The molecule has 0 amide bonds. The molecule has 1 rings (SSSR count). The minimum Gasteiger partial charge on any atom is -0.482 e. The molecule has 0 unspecified atom stereocenters. The second-order valence-electron chi connectivity index (χ2n) is 3.38. The maximum absolute atomic E-state index is 10.8. The summed E-state index contributed by atoms with van der Waals surface area (Å²) in [6, 6.07) is 3.64. The summed E-state index contributed by atoms with van der Waals surface area (Å²) >= 11 is 3.24. The zero-order valence-electron chi connectivity index (χ0n) is 9.37. The normalized spacial score (nSPS) is 10.1. The van der Waals surface area contributed by atoms with Crippen LogP contribution in [-0.4, -0.2) is 21.8 Å². The third-order valence-electron chi connectivity index (χ3n) is 2.14. The van der Waals surface area contributed by atoms with E-state index in [1.807, 2.05) is 0 Å². The number of para-hydroxylation sites is 1. The Kier molecular flexibility index (Phi) is 5.50. The van der Waals surface area contributed by atoms with Crippen LogP contribution in [0.3, 0.4) is 0 Å². The minimum absolute atomic E-state index is 0.206. The largest absolute Gasteiger partial charge is 0.482 e. The maximum atomic E-state index is 10.8. The number of halogens is 1. The van der Waals surface area contributed by atoms with E-state index in [0.29, 0.717) is 6.42 Å². The molecule has 0 aliphatic rings. The van der Waals surface area contributed by atoms with Crippen LogP contribution in [0.4, 0.5) is 11.4 Å². The van der Waals surface area contributed by atoms with Crippen molar-refractivity contribution in [2.24, 2.45) is 0 Å². The summed E-state index contributed by atoms with van der Waals surface area (Å²) in [6.07, 6.45) is 1.49. The molecule has 1 aromatic carbocycles. The first-order valence-corrected chi connectivity index (χ1v) is 6.30. The van der Waals surface area contributed by atoms with Crippen LogP contribution in [0.1, 0.15) is 12.8 Å². The second-order valence-corrected chi connectivity index (χ2v) is 4.18. The zero-order valence-corrected chi connectivity index (χ0v) is 11.0. The van der Waals surface area contributed by atoms with E-state index in [2.05, 4.69) is 15.9 Å². The quantitative estimate of drug-likeness (QED) is 0.333. The van der Waals surface area contributed by atoms with Gasteiger partial charge in [0.2, 0.25) is 0 Å². The van der Waals surface area contributed by atoms with E-state index in [4.69, 9.17) is 4.74 Å². The van der Waals surface area contributed by atoms with E-state index in [0.717, 1.165) is 11.8 Å². The van der Waals surface area contributed by atoms with Gasteiger partial charge in [0.1, 0.15) is 0 Å². The van der Waals surface area contributed by atoms with Crippen molar-refractivity contribution in [2.75, 3.05) is 11.9 Å². The van der Waals surface area contributed by atoms with Gasteiger partial charge in [-0.3, -0.25) is 20.2 Å². The van der Waals surface area contributed by atoms with Crippen LogP contribution >= 0.6 is 15.9 Å². The fraction of sp³-hybridized carbons (Fsp3) is 0.400. The van der Waals surface area contributed by atoms with Crippen molar-refractivity contribution in [1.82, 2.24) is 0 Å². The molecule has 0 radical (unpaired) electrons. The summed E-state index contributed by atoms with van der Waals surface area (Å²) < 4.78 is 5.19. The highest BCUT2D eigenvalue weighted by molar-refractivity contribution is 9.09. The number of hydrogen-bond donors (Lipinski definition) is 0. The number of nitro benzene ring substituents is 2. The number of hydrogen-bond acceptors (Lipinski definition) is 5. The number of unbranched alkanes of at least 4 members (excludes halogenated alkanes) is 1. The van der Waals surface area contributed by atoms with Crippen LogP contribution in [0.25, 0.3) is 0 Å². The molecule has 0 N–H and O–H groups in total. The first-order valence-electron chi connectivity index (χ1n) is 5.18. The Bertz CT molecular complexity index is 420. The maximum Gasteiger partial charge on any atom is 0.318 e. The van der Waals surface area contributed by atoms with Gasteiger partial charge in [0, 0.05) is 17.5 Å². The number of nitro groups is 2. The van der Waals surface area contributed by atoms with Gasteiger partial charge < -0.3 is 4.74 Å². The fourth-order valence-corrected chi connectivity index (χ4v) is 1.72. The molecule has 0 aliphatic carbocycles. The lowest BCUT2D eigenvalue weighted by Crippen LogP contribution is -2.03. The van der Waals surface area contributed by atoms with E-state index < -0.39 is 9.85 Å². The number of alkyl halides is 1. The second kappa shape index (κ2) is 6.90. The van der Waals surface area contributed by atoms with Crippen LogP contribution < -0.4 is 4.74 Å². The minimum atomic E-state index is -0.688. The summed E-state index contributed by atoms with van der Waals surface area (Å²) in [5, 5.41) is 22.3. The number of rotatable bonds is 7. The van der Waals surface area contributed by atoms with E-state index in [-0.39, 0.29) is 23.7 Å². The molecule has 0 bridgehead atoms. The van der Waals surface area contributed by atoms with Gasteiger partial charge in [0.25, 0.3) is 5.75 Å². The van der Waals surface area contributed by atoms with Gasteiger partial charge in [0.05, 0.1) is 16.5 Å². The number of ether oxygens (including phenoxy) is 1. The van der Waals surface area contributed by atoms with Crippen LogP contribution in [0.2, 0.25) is 0 Å². The van der Waals surface area contributed by atoms with Crippen molar-refractivity contribution in [3.05, 3.63) is 38.4 Å². The van der Waals surface area contributed by atoms with Crippen molar-refractivity contribution in [2.45, 2.75) is 12.8 Å². The zero-order chi connectivity index (χ0) is 13.5. The van der Waals surface area contributed by atoms with Gasteiger partial charge in [0.15, 0.2) is 0 Å². The Morgan fingerprint density at radius 1 is 1.11 bits per heavy atom. The van der Waals surface area contributed by atoms with Gasteiger partial charge in [-0.25, -0.2) is 0 Å². The molecule has 7 nitrogen and oxygen atoms in total. The van der Waals surface area contributed by atoms with Gasteiger partial charge in [-0.05, 0) is 18.9 Å². The van der Waals surface area contributed by atoms with Gasteiger partial charge in [-0.2, -0.15) is 0 Å². The van der Waals surface area contributed by atoms with Crippen molar-refractivity contribution in [1.29, 1.82) is 0 Å². The van der Waals surface area contributed by atoms with Crippen molar-refractivity contribution < 1.29 is 14.6 Å². The monoisotopic (exact) mass is 318 g/mol. The molecule has 0 heterocycles. The molecule has 0 saturated heterocycles. The van der Waals surface area contributed by atoms with Gasteiger partial charge >= 0.3 is 11.4 Å². The SMILES string of the molecule is O=[N+]([O-])c1cccc([N+](=O)[O-])c1OCCCCBr. The smallest absolute Gasteiger partial charge is 0.318 e. The van der Waals surface area contributed by atoms with Crippen LogP contribution in [0, 0.1) is 20.2 Å². The highest BCUT2D eigenvalue weighted by Crippen LogP contribution is 2.36. The molecule has 98 valence electrons. The Morgan fingerprint density at radius 3 is 2.11 bits per heavy atom. The lowest BCUT2D eigenvalue weighted by molar-refractivity contribution is -0.396. The average molecular weight is 319 g/mol. The molecule has 18 heavy (non-hydrogen) atoms.